The van der Waals surface area contributed by atoms with Crippen molar-refractivity contribution in [2.24, 2.45) is 0 Å². The molecule has 4 rings (SSSR count). The predicted octanol–water partition coefficient (Wildman–Crippen LogP) is 4.12. The fourth-order valence-corrected chi connectivity index (χ4v) is 3.93. The average molecular weight is 505 g/mol. The molecule has 0 bridgehead atoms. The molecule has 3 aromatic rings. The van der Waals surface area contributed by atoms with E-state index in [0.29, 0.717) is 17.0 Å². The number of hydrogen-bond donors (Lipinski definition) is 2. The Bertz CT molecular complexity index is 1020. The van der Waals surface area contributed by atoms with Crippen LogP contribution in [0.4, 0.5) is 13.2 Å². The van der Waals surface area contributed by atoms with Crippen LogP contribution in [0.2, 0.25) is 0 Å². The molecule has 0 unspecified atom stereocenters. The van der Waals surface area contributed by atoms with Crippen molar-refractivity contribution < 1.29 is 17.9 Å². The maximum Gasteiger partial charge on any atom is 0.453 e. The molecule has 0 aliphatic carbocycles. The maximum atomic E-state index is 13.2. The van der Waals surface area contributed by atoms with Crippen LogP contribution in [0.3, 0.4) is 0 Å². The van der Waals surface area contributed by atoms with E-state index in [0.717, 1.165) is 24.9 Å². The normalized spacial score (nSPS) is 18.2. The number of aromatic nitrogens is 4. The summed E-state index contributed by atoms with van der Waals surface area (Å²) in [5.41, 5.74) is 2.14. The van der Waals surface area contributed by atoms with Crippen molar-refractivity contribution in [1.29, 1.82) is 0 Å². The molecule has 0 spiro atoms. The van der Waals surface area contributed by atoms with Crippen molar-refractivity contribution in [1.82, 2.24) is 30.8 Å². The van der Waals surface area contributed by atoms with E-state index in [2.05, 4.69) is 38.3 Å². The van der Waals surface area contributed by atoms with Crippen LogP contribution in [-0.4, -0.2) is 39.9 Å². The van der Waals surface area contributed by atoms with Gasteiger partial charge < -0.3 is 15.4 Å². The van der Waals surface area contributed by atoms with Crippen molar-refractivity contribution >= 4 is 24.8 Å². The second-order valence-corrected chi connectivity index (χ2v) is 7.38. The predicted molar refractivity (Wildman–Crippen MR) is 122 cm³/mol. The van der Waals surface area contributed by atoms with Gasteiger partial charge in [-0.05, 0) is 53.6 Å². The van der Waals surface area contributed by atoms with Gasteiger partial charge in [-0.25, -0.2) is 0 Å². The first kappa shape index (κ1) is 26.8. The van der Waals surface area contributed by atoms with Gasteiger partial charge >= 0.3 is 6.18 Å². The second kappa shape index (κ2) is 11.6. The topological polar surface area (TPSA) is 76.9 Å². The molecule has 1 saturated heterocycles. The molecule has 2 heterocycles. The highest BCUT2D eigenvalue weighted by Crippen LogP contribution is 2.30. The third-order valence-electron chi connectivity index (χ3n) is 5.40. The molecule has 180 valence electrons. The van der Waals surface area contributed by atoms with Gasteiger partial charge in [0, 0.05) is 24.2 Å². The molecule has 2 N–H and O–H groups in total. The second-order valence-electron chi connectivity index (χ2n) is 7.38. The highest BCUT2D eigenvalue weighted by molar-refractivity contribution is 5.85. The van der Waals surface area contributed by atoms with E-state index < -0.39 is 12.0 Å². The summed E-state index contributed by atoms with van der Waals surface area (Å²) in [4.78, 5) is 0. The van der Waals surface area contributed by atoms with Crippen LogP contribution in [0.25, 0.3) is 5.69 Å². The van der Waals surface area contributed by atoms with Gasteiger partial charge in [-0.15, -0.1) is 29.9 Å². The molecule has 1 aliphatic heterocycles. The maximum absolute atomic E-state index is 13.2. The van der Waals surface area contributed by atoms with E-state index in [9.17, 15) is 13.2 Å². The lowest BCUT2D eigenvalue weighted by atomic mass is 9.92. The SMILES string of the molecule is COc1ccc(-n2nnnc2C(F)(F)F)cc1CN[C@H]1CCCN[C@H]1c1ccccc1.Cl.Cl. The van der Waals surface area contributed by atoms with Gasteiger partial charge in [-0.1, -0.05) is 30.3 Å². The summed E-state index contributed by atoms with van der Waals surface area (Å²) in [6.07, 6.45) is -2.63. The molecule has 1 aromatic heterocycles. The van der Waals surface area contributed by atoms with E-state index >= 15 is 0 Å². The Morgan fingerprint density at radius 3 is 2.61 bits per heavy atom. The molecule has 2 aromatic carbocycles. The monoisotopic (exact) mass is 504 g/mol. The van der Waals surface area contributed by atoms with Crippen LogP contribution in [0, 0.1) is 0 Å². The van der Waals surface area contributed by atoms with Gasteiger partial charge in [0.05, 0.1) is 12.8 Å². The minimum Gasteiger partial charge on any atom is -0.496 e. The van der Waals surface area contributed by atoms with Gasteiger partial charge in [0.15, 0.2) is 0 Å². The first-order chi connectivity index (χ1) is 15.0. The third-order valence-corrected chi connectivity index (χ3v) is 5.40. The van der Waals surface area contributed by atoms with Gasteiger partial charge in [0.2, 0.25) is 0 Å². The van der Waals surface area contributed by atoms with E-state index in [1.54, 1.807) is 12.1 Å². The highest BCUT2D eigenvalue weighted by atomic mass is 35.5. The molecule has 0 saturated carbocycles. The number of nitrogens with zero attached hydrogens (tertiary/aromatic N) is 4. The Balaban J connectivity index is 0.00000193. The molecular formula is C21H25Cl2F3N6O. The van der Waals surface area contributed by atoms with Crippen molar-refractivity contribution in [2.45, 2.75) is 37.6 Å². The Morgan fingerprint density at radius 2 is 1.91 bits per heavy atom. The summed E-state index contributed by atoms with van der Waals surface area (Å²) in [5.74, 6) is -0.588. The van der Waals surface area contributed by atoms with Crippen molar-refractivity contribution in [3.63, 3.8) is 0 Å². The summed E-state index contributed by atoms with van der Waals surface area (Å²) in [7, 11) is 1.53. The summed E-state index contributed by atoms with van der Waals surface area (Å²) in [6, 6.07) is 15.3. The zero-order valence-electron chi connectivity index (χ0n) is 17.7. The first-order valence-corrected chi connectivity index (χ1v) is 10.0. The van der Waals surface area contributed by atoms with E-state index in [4.69, 9.17) is 4.74 Å². The first-order valence-electron chi connectivity index (χ1n) is 10.0. The summed E-state index contributed by atoms with van der Waals surface area (Å²) in [5, 5.41) is 16.9. The number of methoxy groups -OCH3 is 1. The summed E-state index contributed by atoms with van der Waals surface area (Å²) < 4.78 is 45.7. The average Bonchev–Trinajstić information content (AvgIpc) is 3.29. The number of tetrazole rings is 1. The van der Waals surface area contributed by atoms with E-state index in [1.807, 2.05) is 18.2 Å². The Hall–Kier alpha value is -2.40. The molecule has 33 heavy (non-hydrogen) atoms. The van der Waals surface area contributed by atoms with Crippen LogP contribution in [0.15, 0.2) is 48.5 Å². The Labute approximate surface area is 201 Å². The van der Waals surface area contributed by atoms with Crippen LogP contribution >= 0.6 is 24.8 Å². The van der Waals surface area contributed by atoms with Gasteiger partial charge in [0.25, 0.3) is 5.82 Å². The number of ether oxygens (including phenoxy) is 1. The zero-order valence-corrected chi connectivity index (χ0v) is 19.4. The van der Waals surface area contributed by atoms with Gasteiger partial charge in [0.1, 0.15) is 5.75 Å². The number of nitrogens with one attached hydrogen (secondary N) is 2. The standard InChI is InChI=1S/C21H23F3N6O.2ClH/c1-31-18-10-9-16(30-20(21(22,23)24)27-28-29-30)12-15(18)13-26-17-8-5-11-25-19(17)14-6-3-2-4-7-14;;/h2-4,6-7,9-10,12,17,19,25-26H,5,8,11,13H2,1H3;2*1H/t17-,19-;;/m0../s1. The fourth-order valence-electron chi connectivity index (χ4n) is 3.93. The van der Waals surface area contributed by atoms with Crippen molar-refractivity contribution in [3.05, 3.63) is 65.5 Å². The molecule has 0 radical (unpaired) electrons. The van der Waals surface area contributed by atoms with Crippen LogP contribution < -0.4 is 15.4 Å². The van der Waals surface area contributed by atoms with Gasteiger partial charge in [-0.3, -0.25) is 0 Å². The number of benzene rings is 2. The fraction of sp³-hybridized carbons (Fsp3) is 0.381. The number of rotatable bonds is 6. The third kappa shape index (κ3) is 6.14. The Morgan fingerprint density at radius 1 is 1.15 bits per heavy atom. The highest BCUT2D eigenvalue weighted by Gasteiger charge is 2.38. The summed E-state index contributed by atoms with van der Waals surface area (Å²) >= 11 is 0. The number of halogens is 5. The minimum atomic E-state index is -4.65. The molecule has 7 nitrogen and oxygen atoms in total. The molecule has 12 heteroatoms. The lowest BCUT2D eigenvalue weighted by Crippen LogP contribution is -2.45. The molecule has 0 amide bonds. The van der Waals surface area contributed by atoms with Crippen LogP contribution in [-0.2, 0) is 12.7 Å². The smallest absolute Gasteiger partial charge is 0.453 e. The quantitative estimate of drug-likeness (QED) is 0.525. The van der Waals surface area contributed by atoms with Gasteiger partial charge in [-0.2, -0.15) is 17.9 Å². The molecule has 2 atom stereocenters. The number of hydrogen-bond acceptors (Lipinski definition) is 6. The summed E-state index contributed by atoms with van der Waals surface area (Å²) in [6.45, 7) is 1.37. The van der Waals surface area contributed by atoms with E-state index in [1.165, 1.54) is 18.7 Å². The van der Waals surface area contributed by atoms with Crippen LogP contribution in [0.5, 0.6) is 5.75 Å². The number of piperidine rings is 1. The lowest BCUT2D eigenvalue weighted by molar-refractivity contribution is -0.146. The number of alkyl halides is 3. The largest absolute Gasteiger partial charge is 0.496 e. The molecule has 1 aliphatic rings. The minimum absolute atomic E-state index is 0. The molecule has 1 fully saturated rings. The van der Waals surface area contributed by atoms with Crippen molar-refractivity contribution in [2.75, 3.05) is 13.7 Å². The van der Waals surface area contributed by atoms with E-state index in [-0.39, 0.29) is 42.6 Å². The van der Waals surface area contributed by atoms with Crippen LogP contribution in [0.1, 0.15) is 35.8 Å². The lowest BCUT2D eigenvalue weighted by Gasteiger charge is -2.34. The van der Waals surface area contributed by atoms with Crippen molar-refractivity contribution in [3.8, 4) is 11.4 Å². The Kier molecular flexibility index (Phi) is 9.47. The zero-order chi connectivity index (χ0) is 21.8. The molecular weight excluding hydrogens is 480 g/mol.